The maximum atomic E-state index is 11.8. The largest absolute Gasteiger partial charge is 0.480 e. The van der Waals surface area contributed by atoms with Crippen LogP contribution in [0.4, 0.5) is 4.79 Å². The Balaban J connectivity index is 2.61. The molecule has 0 radical (unpaired) electrons. The third-order valence-electron chi connectivity index (χ3n) is 2.75. The van der Waals surface area contributed by atoms with Crippen LogP contribution in [0.3, 0.4) is 0 Å². The first kappa shape index (κ1) is 14.7. The minimum Gasteiger partial charge on any atom is -0.480 e. The molecule has 1 aliphatic heterocycles. The van der Waals surface area contributed by atoms with Gasteiger partial charge in [-0.05, 0) is 6.92 Å². The quantitative estimate of drug-likeness (QED) is 0.475. The van der Waals surface area contributed by atoms with Crippen molar-refractivity contribution < 1.29 is 29.6 Å². The van der Waals surface area contributed by atoms with Crippen LogP contribution in [0.25, 0.3) is 0 Å². The van der Waals surface area contributed by atoms with Gasteiger partial charge in [0, 0.05) is 0 Å². The van der Waals surface area contributed by atoms with Crippen molar-refractivity contribution in [2.75, 3.05) is 26.4 Å². The Labute approximate surface area is 104 Å². The summed E-state index contributed by atoms with van der Waals surface area (Å²) in [5.74, 6) is -1.30. The number of carbonyl (C=O) groups excluding carboxylic acids is 1. The Bertz CT molecular complexity index is 311. The lowest BCUT2D eigenvalue weighted by Crippen LogP contribution is -2.58. The summed E-state index contributed by atoms with van der Waals surface area (Å²) in [6.07, 6.45) is -0.468. The Morgan fingerprint density at radius 1 is 1.50 bits per heavy atom. The van der Waals surface area contributed by atoms with Crippen molar-refractivity contribution in [3.05, 3.63) is 0 Å². The van der Waals surface area contributed by atoms with E-state index in [-0.39, 0.29) is 25.8 Å². The molecule has 104 valence electrons. The summed E-state index contributed by atoms with van der Waals surface area (Å²) >= 11 is 0. The number of aliphatic hydroxyl groups is 2. The van der Waals surface area contributed by atoms with Crippen molar-refractivity contribution in [3.63, 3.8) is 0 Å². The van der Waals surface area contributed by atoms with Crippen LogP contribution in [-0.2, 0) is 9.53 Å². The highest BCUT2D eigenvalue weighted by molar-refractivity contribution is 5.82. The van der Waals surface area contributed by atoms with E-state index >= 15 is 0 Å². The van der Waals surface area contributed by atoms with E-state index in [1.54, 1.807) is 6.92 Å². The first-order chi connectivity index (χ1) is 8.49. The molecule has 0 aromatic carbocycles. The number of nitrogens with zero attached hydrogens (tertiary/aromatic N) is 1. The lowest BCUT2D eigenvalue weighted by Gasteiger charge is -2.37. The van der Waals surface area contributed by atoms with Crippen molar-refractivity contribution in [2.45, 2.75) is 25.1 Å². The molecule has 1 fully saturated rings. The first-order valence-corrected chi connectivity index (χ1v) is 5.62. The number of morpholine rings is 1. The molecule has 4 N–H and O–H groups in total. The molecule has 1 rings (SSSR count). The summed E-state index contributed by atoms with van der Waals surface area (Å²) in [5.41, 5.74) is 0. The Morgan fingerprint density at radius 2 is 2.17 bits per heavy atom. The number of aliphatic carboxylic acids is 1. The van der Waals surface area contributed by atoms with Gasteiger partial charge in [0.25, 0.3) is 0 Å². The van der Waals surface area contributed by atoms with Crippen LogP contribution in [0.1, 0.15) is 6.92 Å². The molecule has 0 aromatic heterocycles. The second-order valence-corrected chi connectivity index (χ2v) is 4.16. The third-order valence-corrected chi connectivity index (χ3v) is 2.75. The minimum absolute atomic E-state index is 0.182. The highest BCUT2D eigenvalue weighted by Crippen LogP contribution is 2.11. The summed E-state index contributed by atoms with van der Waals surface area (Å²) in [6.45, 7) is 1.32. The van der Waals surface area contributed by atoms with Crippen LogP contribution in [0, 0.1) is 0 Å². The molecule has 0 spiro atoms. The predicted octanol–water partition coefficient (Wildman–Crippen LogP) is -1.78. The van der Waals surface area contributed by atoms with Gasteiger partial charge in [-0.2, -0.15) is 0 Å². The second-order valence-electron chi connectivity index (χ2n) is 4.16. The van der Waals surface area contributed by atoms with Crippen LogP contribution >= 0.6 is 0 Å². The van der Waals surface area contributed by atoms with E-state index in [0.29, 0.717) is 0 Å². The number of carbonyl (C=O) groups is 2. The van der Waals surface area contributed by atoms with E-state index in [4.69, 9.17) is 20.1 Å². The Kier molecular flexibility index (Phi) is 5.32. The third kappa shape index (κ3) is 3.56. The summed E-state index contributed by atoms with van der Waals surface area (Å²) in [5, 5.41) is 28.7. The molecular weight excluding hydrogens is 244 g/mol. The van der Waals surface area contributed by atoms with Crippen molar-refractivity contribution in [3.8, 4) is 0 Å². The van der Waals surface area contributed by atoms with E-state index in [9.17, 15) is 9.59 Å². The highest BCUT2D eigenvalue weighted by Gasteiger charge is 2.31. The first-order valence-electron chi connectivity index (χ1n) is 5.62. The van der Waals surface area contributed by atoms with Gasteiger partial charge in [0.2, 0.25) is 0 Å². The van der Waals surface area contributed by atoms with E-state index in [1.807, 2.05) is 0 Å². The van der Waals surface area contributed by atoms with Gasteiger partial charge in [-0.25, -0.2) is 9.59 Å². The fourth-order valence-electron chi connectivity index (χ4n) is 1.63. The number of rotatable bonds is 4. The van der Waals surface area contributed by atoms with Crippen molar-refractivity contribution in [2.24, 2.45) is 0 Å². The van der Waals surface area contributed by atoms with Gasteiger partial charge in [-0.1, -0.05) is 0 Å². The van der Waals surface area contributed by atoms with Crippen LogP contribution in [-0.4, -0.2) is 76.8 Å². The zero-order valence-electron chi connectivity index (χ0n) is 10.1. The molecule has 18 heavy (non-hydrogen) atoms. The van der Waals surface area contributed by atoms with Crippen LogP contribution in [0.5, 0.6) is 0 Å². The van der Waals surface area contributed by atoms with Crippen LogP contribution < -0.4 is 5.32 Å². The fourth-order valence-corrected chi connectivity index (χ4v) is 1.63. The molecule has 2 amide bonds. The summed E-state index contributed by atoms with van der Waals surface area (Å²) < 4.78 is 5.26. The molecule has 0 saturated carbocycles. The summed E-state index contributed by atoms with van der Waals surface area (Å²) in [7, 11) is 0. The highest BCUT2D eigenvalue weighted by atomic mass is 16.5. The molecule has 0 aliphatic carbocycles. The molecule has 0 bridgehead atoms. The number of aliphatic hydroxyl groups excluding tert-OH is 2. The van der Waals surface area contributed by atoms with Gasteiger partial charge in [-0.15, -0.1) is 0 Å². The maximum absolute atomic E-state index is 11.8. The molecule has 1 aliphatic rings. The molecule has 1 saturated heterocycles. The van der Waals surface area contributed by atoms with Crippen molar-refractivity contribution in [1.82, 2.24) is 10.2 Å². The molecule has 2 unspecified atom stereocenters. The topological polar surface area (TPSA) is 119 Å². The maximum Gasteiger partial charge on any atom is 0.328 e. The van der Waals surface area contributed by atoms with Gasteiger partial charge in [0.1, 0.15) is 0 Å². The normalized spacial score (nSPS) is 25.6. The fraction of sp³-hybridized carbons (Fsp3) is 0.800. The summed E-state index contributed by atoms with van der Waals surface area (Å²) in [6, 6.07) is -2.15. The average Bonchev–Trinajstić information content (AvgIpc) is 2.35. The smallest absolute Gasteiger partial charge is 0.328 e. The van der Waals surface area contributed by atoms with E-state index < -0.39 is 30.8 Å². The monoisotopic (exact) mass is 262 g/mol. The Morgan fingerprint density at radius 3 is 2.67 bits per heavy atom. The van der Waals surface area contributed by atoms with Gasteiger partial charge in [0.15, 0.2) is 6.04 Å². The van der Waals surface area contributed by atoms with E-state index in [1.165, 1.54) is 4.90 Å². The Hall–Kier alpha value is -1.38. The van der Waals surface area contributed by atoms with Crippen molar-refractivity contribution in [1.29, 1.82) is 0 Å². The number of hydrogen-bond acceptors (Lipinski definition) is 5. The van der Waals surface area contributed by atoms with Gasteiger partial charge >= 0.3 is 12.0 Å². The average molecular weight is 262 g/mol. The molecular formula is C10H18N2O6. The summed E-state index contributed by atoms with van der Waals surface area (Å²) in [4.78, 5) is 23.9. The zero-order chi connectivity index (χ0) is 13.7. The van der Waals surface area contributed by atoms with Crippen molar-refractivity contribution >= 4 is 12.0 Å². The molecule has 0 aromatic rings. The molecule has 8 heteroatoms. The number of ether oxygens (including phenoxy) is 1. The zero-order valence-corrected chi connectivity index (χ0v) is 10.1. The number of amides is 2. The predicted molar refractivity (Wildman–Crippen MR) is 60.0 cm³/mol. The number of nitrogens with one attached hydrogen (secondary N) is 1. The number of carboxylic acid groups (broad SMARTS) is 1. The molecule has 1 heterocycles. The van der Waals surface area contributed by atoms with E-state index in [2.05, 4.69) is 5.32 Å². The second kappa shape index (κ2) is 6.53. The lowest BCUT2D eigenvalue weighted by atomic mass is 10.2. The number of hydrogen-bond donors (Lipinski definition) is 4. The van der Waals surface area contributed by atoms with Crippen LogP contribution in [0.2, 0.25) is 0 Å². The minimum atomic E-state index is -1.33. The van der Waals surface area contributed by atoms with Gasteiger partial charge < -0.3 is 30.3 Å². The van der Waals surface area contributed by atoms with Crippen LogP contribution in [0.15, 0.2) is 0 Å². The number of urea groups is 1. The lowest BCUT2D eigenvalue weighted by molar-refractivity contribution is -0.140. The van der Waals surface area contributed by atoms with Gasteiger partial charge in [-0.3, -0.25) is 0 Å². The SMILES string of the molecule is CC1COC(CO)CN1C(=O)N[C@H](CO)C(=O)O. The standard InChI is InChI=1S/C10H18N2O6/c1-6-5-18-7(3-13)2-12(6)10(17)11-8(4-14)9(15)16/h6-8,13-14H,2-5H2,1H3,(H,11,17)(H,15,16)/t6?,7?,8-/m1/s1. The molecule has 8 nitrogen and oxygen atoms in total. The van der Waals surface area contributed by atoms with E-state index in [0.717, 1.165) is 0 Å². The molecule has 3 atom stereocenters. The van der Waals surface area contributed by atoms with Gasteiger partial charge in [0.05, 0.1) is 38.5 Å². The number of carboxylic acids is 1.